The standard InChI is InChI=1S/C4H10N2O/c1-2-5-6-3-4-7/h3,5,7H,2,4H2,1H3/b6-3-. The van der Waals surface area contributed by atoms with Gasteiger partial charge in [-0.05, 0) is 6.92 Å². The van der Waals surface area contributed by atoms with Crippen LogP contribution in [0.3, 0.4) is 0 Å². The van der Waals surface area contributed by atoms with Crippen LogP contribution in [0.1, 0.15) is 6.92 Å². The molecule has 0 spiro atoms. The van der Waals surface area contributed by atoms with Gasteiger partial charge in [-0.2, -0.15) is 5.10 Å². The van der Waals surface area contributed by atoms with Crippen molar-refractivity contribution in [3.63, 3.8) is 0 Å². The van der Waals surface area contributed by atoms with E-state index in [1.165, 1.54) is 6.21 Å². The van der Waals surface area contributed by atoms with E-state index in [0.717, 1.165) is 6.54 Å². The quantitative estimate of drug-likeness (QED) is 0.375. The van der Waals surface area contributed by atoms with Gasteiger partial charge in [0.15, 0.2) is 0 Å². The van der Waals surface area contributed by atoms with Crippen molar-refractivity contribution in [3.8, 4) is 0 Å². The van der Waals surface area contributed by atoms with E-state index in [2.05, 4.69) is 10.5 Å². The fraction of sp³-hybridized carbons (Fsp3) is 0.750. The van der Waals surface area contributed by atoms with Crippen LogP contribution >= 0.6 is 0 Å². The van der Waals surface area contributed by atoms with E-state index >= 15 is 0 Å². The van der Waals surface area contributed by atoms with Gasteiger partial charge >= 0.3 is 0 Å². The van der Waals surface area contributed by atoms with Gasteiger partial charge < -0.3 is 10.5 Å². The summed E-state index contributed by atoms with van der Waals surface area (Å²) in [5.74, 6) is 0. The van der Waals surface area contributed by atoms with E-state index in [9.17, 15) is 0 Å². The first-order chi connectivity index (χ1) is 3.41. The molecule has 0 aliphatic rings. The Hall–Kier alpha value is -0.570. The number of rotatable bonds is 3. The molecule has 0 aliphatic carbocycles. The first-order valence-corrected chi connectivity index (χ1v) is 2.27. The first kappa shape index (κ1) is 6.43. The Morgan fingerprint density at radius 3 is 3.00 bits per heavy atom. The number of nitrogens with zero attached hydrogens (tertiary/aromatic N) is 1. The highest BCUT2D eigenvalue weighted by Gasteiger charge is 1.64. The highest BCUT2D eigenvalue weighted by Crippen LogP contribution is 1.53. The molecule has 42 valence electrons. The third-order valence-electron chi connectivity index (χ3n) is 0.422. The van der Waals surface area contributed by atoms with Gasteiger partial charge in [0, 0.05) is 12.8 Å². The maximum absolute atomic E-state index is 8.10. The third kappa shape index (κ3) is 5.43. The van der Waals surface area contributed by atoms with E-state index in [0.29, 0.717) is 0 Å². The first-order valence-electron chi connectivity index (χ1n) is 2.27. The topological polar surface area (TPSA) is 44.6 Å². The second-order valence-electron chi connectivity index (χ2n) is 1.01. The average Bonchev–Trinajstić information content (AvgIpc) is 1.69. The molecule has 2 N–H and O–H groups in total. The molecule has 0 aromatic carbocycles. The van der Waals surface area contributed by atoms with Gasteiger partial charge in [-0.1, -0.05) is 0 Å². The number of hydrogen-bond acceptors (Lipinski definition) is 3. The molecule has 0 atom stereocenters. The molecule has 0 rings (SSSR count). The van der Waals surface area contributed by atoms with E-state index in [4.69, 9.17) is 5.11 Å². The Morgan fingerprint density at radius 2 is 2.57 bits per heavy atom. The van der Waals surface area contributed by atoms with Crippen molar-refractivity contribution < 1.29 is 5.11 Å². The largest absolute Gasteiger partial charge is 0.391 e. The van der Waals surface area contributed by atoms with Crippen LogP contribution in [0, 0.1) is 0 Å². The van der Waals surface area contributed by atoms with Gasteiger partial charge in [0.25, 0.3) is 0 Å². The number of hydrogen-bond donors (Lipinski definition) is 2. The zero-order chi connectivity index (χ0) is 5.54. The summed E-state index contributed by atoms with van der Waals surface area (Å²) < 4.78 is 0. The zero-order valence-corrected chi connectivity index (χ0v) is 4.39. The zero-order valence-electron chi connectivity index (χ0n) is 4.39. The summed E-state index contributed by atoms with van der Waals surface area (Å²) in [4.78, 5) is 0. The highest BCUT2D eigenvalue weighted by atomic mass is 16.3. The maximum atomic E-state index is 8.10. The van der Waals surface area contributed by atoms with Crippen molar-refractivity contribution in [3.05, 3.63) is 0 Å². The van der Waals surface area contributed by atoms with E-state index in [1.54, 1.807) is 0 Å². The molecule has 0 amide bonds. The predicted octanol–water partition coefficient (Wildman–Crippen LogP) is -0.426. The smallest absolute Gasteiger partial charge is 0.0801 e. The second kappa shape index (κ2) is 5.43. The molecule has 0 aliphatic heterocycles. The van der Waals surface area contributed by atoms with E-state index in [-0.39, 0.29) is 6.61 Å². The molecule has 7 heavy (non-hydrogen) atoms. The van der Waals surface area contributed by atoms with Crippen LogP contribution in [0.2, 0.25) is 0 Å². The summed E-state index contributed by atoms with van der Waals surface area (Å²) in [7, 11) is 0. The molecule has 0 fully saturated rings. The lowest BCUT2D eigenvalue weighted by atomic mass is 10.8. The second-order valence-corrected chi connectivity index (χ2v) is 1.01. The minimum absolute atomic E-state index is 0.00694. The maximum Gasteiger partial charge on any atom is 0.0801 e. The van der Waals surface area contributed by atoms with Crippen molar-refractivity contribution in [2.24, 2.45) is 5.10 Å². The van der Waals surface area contributed by atoms with Crippen LogP contribution in [0.25, 0.3) is 0 Å². The summed E-state index contributed by atoms with van der Waals surface area (Å²) in [6, 6.07) is 0. The number of aliphatic hydroxyl groups excluding tert-OH is 1. The molecule has 0 saturated carbocycles. The monoisotopic (exact) mass is 102 g/mol. The number of hydrazone groups is 1. The van der Waals surface area contributed by atoms with Gasteiger partial charge in [-0.15, -0.1) is 0 Å². The molecule has 0 aromatic rings. The summed E-state index contributed by atoms with van der Waals surface area (Å²) in [6.45, 7) is 2.75. The van der Waals surface area contributed by atoms with Gasteiger partial charge in [0.2, 0.25) is 0 Å². The van der Waals surface area contributed by atoms with Crippen LogP contribution in [-0.2, 0) is 0 Å². The minimum atomic E-state index is 0.00694. The average molecular weight is 102 g/mol. The Balaban J connectivity index is 2.78. The lowest BCUT2D eigenvalue weighted by Gasteiger charge is -1.86. The summed E-state index contributed by atoms with van der Waals surface area (Å²) in [5.41, 5.74) is 2.66. The van der Waals surface area contributed by atoms with Crippen molar-refractivity contribution in [2.75, 3.05) is 13.2 Å². The fourth-order valence-corrected chi connectivity index (χ4v) is 0.197. The molecule has 0 bridgehead atoms. The molecule has 0 unspecified atom stereocenters. The van der Waals surface area contributed by atoms with Crippen molar-refractivity contribution in [1.82, 2.24) is 5.43 Å². The van der Waals surface area contributed by atoms with Crippen LogP contribution in [0.15, 0.2) is 5.10 Å². The normalized spacial score (nSPS) is 10.0. The van der Waals surface area contributed by atoms with Crippen LogP contribution in [0.4, 0.5) is 0 Å². The molecule has 3 nitrogen and oxygen atoms in total. The SMILES string of the molecule is CCN/N=C\CO. The van der Waals surface area contributed by atoms with Crippen molar-refractivity contribution in [2.45, 2.75) is 6.92 Å². The molecule has 0 aromatic heterocycles. The van der Waals surface area contributed by atoms with Crippen LogP contribution in [-0.4, -0.2) is 24.5 Å². The predicted molar refractivity (Wildman–Crippen MR) is 29.3 cm³/mol. The van der Waals surface area contributed by atoms with Gasteiger partial charge in [0.05, 0.1) is 6.61 Å². The lowest BCUT2D eigenvalue weighted by molar-refractivity contribution is 0.361. The minimum Gasteiger partial charge on any atom is -0.391 e. The Kier molecular flexibility index (Phi) is 4.99. The Bertz CT molecular complexity index is 53.7. The number of nitrogens with one attached hydrogen (secondary N) is 1. The lowest BCUT2D eigenvalue weighted by Crippen LogP contribution is -2.03. The van der Waals surface area contributed by atoms with Gasteiger partial charge in [0.1, 0.15) is 0 Å². The molecule has 0 heterocycles. The summed E-state index contributed by atoms with van der Waals surface area (Å²) >= 11 is 0. The molecule has 0 radical (unpaired) electrons. The molecular formula is C4H10N2O. The highest BCUT2D eigenvalue weighted by molar-refractivity contribution is 5.57. The van der Waals surface area contributed by atoms with Gasteiger partial charge in [-0.3, -0.25) is 0 Å². The Labute approximate surface area is 43.0 Å². The van der Waals surface area contributed by atoms with Crippen LogP contribution in [0.5, 0.6) is 0 Å². The van der Waals surface area contributed by atoms with Gasteiger partial charge in [-0.25, -0.2) is 0 Å². The molecule has 3 heteroatoms. The Morgan fingerprint density at radius 1 is 1.86 bits per heavy atom. The van der Waals surface area contributed by atoms with Crippen LogP contribution < -0.4 is 5.43 Å². The van der Waals surface area contributed by atoms with E-state index in [1.807, 2.05) is 6.92 Å². The van der Waals surface area contributed by atoms with Crippen molar-refractivity contribution >= 4 is 6.21 Å². The summed E-state index contributed by atoms with van der Waals surface area (Å²) in [6.07, 6.45) is 1.41. The molecule has 0 saturated heterocycles. The third-order valence-corrected chi connectivity index (χ3v) is 0.422. The number of aliphatic hydroxyl groups is 1. The van der Waals surface area contributed by atoms with Crippen molar-refractivity contribution in [1.29, 1.82) is 0 Å². The van der Waals surface area contributed by atoms with E-state index < -0.39 is 0 Å². The fourth-order valence-electron chi connectivity index (χ4n) is 0.197. The summed E-state index contributed by atoms with van der Waals surface area (Å²) in [5, 5.41) is 11.7. The molecular weight excluding hydrogens is 92.1 g/mol.